The van der Waals surface area contributed by atoms with E-state index >= 15 is 0 Å². The van der Waals surface area contributed by atoms with Crippen LogP contribution in [-0.4, -0.2) is 58.3 Å². The predicted octanol–water partition coefficient (Wildman–Crippen LogP) is 0.745. The summed E-state index contributed by atoms with van der Waals surface area (Å²) >= 11 is 0. The van der Waals surface area contributed by atoms with E-state index in [2.05, 4.69) is 4.72 Å². The molecule has 2 unspecified atom stereocenters. The molecular weight excluding hydrogens is 280 g/mol. The van der Waals surface area contributed by atoms with Gasteiger partial charge in [0.1, 0.15) is 0 Å². The smallest absolute Gasteiger partial charge is 0.279 e. The van der Waals surface area contributed by atoms with E-state index in [0.717, 1.165) is 25.7 Å². The van der Waals surface area contributed by atoms with Crippen molar-refractivity contribution in [2.75, 3.05) is 27.4 Å². The van der Waals surface area contributed by atoms with Gasteiger partial charge in [0.05, 0.1) is 6.10 Å². The van der Waals surface area contributed by atoms with Gasteiger partial charge in [-0.3, -0.25) is 0 Å². The zero-order valence-corrected chi connectivity index (χ0v) is 13.4. The molecule has 1 heterocycles. The molecule has 2 fully saturated rings. The van der Waals surface area contributed by atoms with Crippen LogP contribution < -0.4 is 4.72 Å². The van der Waals surface area contributed by atoms with E-state index in [-0.39, 0.29) is 18.2 Å². The van der Waals surface area contributed by atoms with E-state index in [1.807, 2.05) is 6.92 Å². The number of nitrogens with one attached hydrogen (secondary N) is 1. The van der Waals surface area contributed by atoms with Crippen molar-refractivity contribution in [3.05, 3.63) is 0 Å². The van der Waals surface area contributed by atoms with E-state index in [4.69, 9.17) is 9.47 Å². The Bertz CT molecular complexity index is 405. The van der Waals surface area contributed by atoms with Gasteiger partial charge in [-0.1, -0.05) is 0 Å². The van der Waals surface area contributed by atoms with Crippen molar-refractivity contribution in [2.24, 2.45) is 5.92 Å². The van der Waals surface area contributed by atoms with Crippen molar-refractivity contribution in [1.29, 1.82) is 0 Å². The highest BCUT2D eigenvalue weighted by atomic mass is 32.2. The maximum absolute atomic E-state index is 12.4. The molecule has 6 nitrogen and oxygen atoms in total. The third kappa shape index (κ3) is 3.92. The van der Waals surface area contributed by atoms with Crippen molar-refractivity contribution in [2.45, 2.75) is 50.8 Å². The molecule has 2 aliphatic rings. The molecule has 118 valence electrons. The van der Waals surface area contributed by atoms with Crippen molar-refractivity contribution in [3.8, 4) is 0 Å². The molecule has 0 spiro atoms. The van der Waals surface area contributed by atoms with Gasteiger partial charge >= 0.3 is 0 Å². The van der Waals surface area contributed by atoms with Crippen molar-refractivity contribution >= 4 is 10.2 Å². The Balaban J connectivity index is 1.94. The maximum atomic E-state index is 12.4. The van der Waals surface area contributed by atoms with Crippen molar-refractivity contribution in [3.63, 3.8) is 0 Å². The Morgan fingerprint density at radius 1 is 1.25 bits per heavy atom. The second-order valence-corrected chi connectivity index (χ2v) is 7.57. The summed E-state index contributed by atoms with van der Waals surface area (Å²) in [6.07, 6.45) is 3.72. The van der Waals surface area contributed by atoms with Gasteiger partial charge < -0.3 is 9.47 Å². The largest absolute Gasteiger partial charge is 0.381 e. The molecule has 0 amide bonds. The zero-order chi connectivity index (χ0) is 14.8. The molecular formula is C13H26N2O4S. The molecule has 20 heavy (non-hydrogen) atoms. The summed E-state index contributed by atoms with van der Waals surface area (Å²) in [5, 5.41) is 0. The van der Waals surface area contributed by atoms with Crippen LogP contribution >= 0.6 is 0 Å². The highest BCUT2D eigenvalue weighted by molar-refractivity contribution is 7.87. The normalized spacial score (nSPS) is 24.8. The fraction of sp³-hybridized carbons (Fsp3) is 1.00. The Morgan fingerprint density at radius 3 is 2.35 bits per heavy atom. The molecule has 0 bridgehead atoms. The van der Waals surface area contributed by atoms with Crippen LogP contribution in [0.2, 0.25) is 0 Å². The van der Waals surface area contributed by atoms with Gasteiger partial charge in [-0.2, -0.15) is 17.4 Å². The van der Waals surface area contributed by atoms with Gasteiger partial charge in [0, 0.05) is 39.5 Å². The monoisotopic (exact) mass is 306 g/mol. The van der Waals surface area contributed by atoms with E-state index in [0.29, 0.717) is 19.1 Å². The first-order valence-electron chi connectivity index (χ1n) is 7.31. The molecule has 1 aliphatic carbocycles. The SMILES string of the molecule is COC(C1CC1)C(C)NS(=O)(=O)N(C)C1CCOCC1. The molecule has 1 N–H and O–H groups in total. The van der Waals surface area contributed by atoms with Crippen LogP contribution in [0.5, 0.6) is 0 Å². The summed E-state index contributed by atoms with van der Waals surface area (Å²) in [4.78, 5) is 0. The Morgan fingerprint density at radius 2 is 1.85 bits per heavy atom. The lowest BCUT2D eigenvalue weighted by Gasteiger charge is -2.32. The molecule has 2 rings (SSSR count). The lowest BCUT2D eigenvalue weighted by molar-refractivity contribution is 0.0574. The minimum atomic E-state index is -3.47. The number of hydrogen-bond acceptors (Lipinski definition) is 4. The first kappa shape index (κ1) is 16.2. The standard InChI is InChI=1S/C13H26N2O4S/c1-10(13(18-3)11-4-5-11)14-20(16,17)15(2)12-6-8-19-9-7-12/h10-14H,4-9H2,1-3H3. The molecule has 0 aromatic heterocycles. The summed E-state index contributed by atoms with van der Waals surface area (Å²) in [6, 6.07) is -0.185. The van der Waals surface area contributed by atoms with Gasteiger partial charge in [-0.25, -0.2) is 0 Å². The van der Waals surface area contributed by atoms with Crippen LogP contribution in [0.3, 0.4) is 0 Å². The summed E-state index contributed by atoms with van der Waals surface area (Å²) < 4.78 is 39.8. The van der Waals surface area contributed by atoms with Crippen molar-refractivity contribution in [1.82, 2.24) is 9.03 Å². The topological polar surface area (TPSA) is 67.9 Å². The van der Waals surface area contributed by atoms with Gasteiger partial charge in [0.25, 0.3) is 10.2 Å². The lowest BCUT2D eigenvalue weighted by atomic mass is 10.1. The van der Waals surface area contributed by atoms with Crippen molar-refractivity contribution < 1.29 is 17.9 Å². The van der Waals surface area contributed by atoms with Gasteiger partial charge in [0.15, 0.2) is 0 Å². The highest BCUT2D eigenvalue weighted by Crippen LogP contribution is 2.35. The van der Waals surface area contributed by atoms with Crippen LogP contribution in [0.4, 0.5) is 0 Å². The fourth-order valence-electron chi connectivity index (χ4n) is 2.86. The van der Waals surface area contributed by atoms with Crippen LogP contribution in [0.25, 0.3) is 0 Å². The summed E-state index contributed by atoms with van der Waals surface area (Å²) in [5.41, 5.74) is 0. The zero-order valence-electron chi connectivity index (χ0n) is 12.5. The summed E-state index contributed by atoms with van der Waals surface area (Å²) in [6.45, 7) is 3.13. The third-order valence-electron chi connectivity index (χ3n) is 4.27. The number of methoxy groups -OCH3 is 1. The van der Waals surface area contributed by atoms with Crippen LogP contribution in [0.15, 0.2) is 0 Å². The van der Waals surface area contributed by atoms with E-state index in [1.54, 1.807) is 14.2 Å². The van der Waals surface area contributed by atoms with E-state index in [9.17, 15) is 8.42 Å². The molecule has 1 saturated carbocycles. The van der Waals surface area contributed by atoms with Gasteiger partial charge in [-0.05, 0) is 38.5 Å². The highest BCUT2D eigenvalue weighted by Gasteiger charge is 2.38. The second kappa shape index (κ2) is 6.70. The first-order valence-corrected chi connectivity index (χ1v) is 8.75. The lowest BCUT2D eigenvalue weighted by Crippen LogP contribution is -2.51. The Hall–Kier alpha value is -0.210. The Labute approximate surface area is 122 Å². The number of hydrogen-bond donors (Lipinski definition) is 1. The molecule has 0 radical (unpaired) electrons. The number of nitrogens with zero attached hydrogens (tertiary/aromatic N) is 1. The van der Waals surface area contributed by atoms with Gasteiger partial charge in [0.2, 0.25) is 0 Å². The fourth-order valence-corrected chi connectivity index (χ4v) is 4.23. The maximum Gasteiger partial charge on any atom is 0.279 e. The molecule has 2 atom stereocenters. The average molecular weight is 306 g/mol. The van der Waals surface area contributed by atoms with Crippen LogP contribution in [0.1, 0.15) is 32.6 Å². The summed E-state index contributed by atoms with van der Waals surface area (Å²) in [7, 11) is -0.181. The minimum absolute atomic E-state index is 0.0235. The molecule has 1 aliphatic heterocycles. The first-order chi connectivity index (χ1) is 9.45. The summed E-state index contributed by atoms with van der Waals surface area (Å²) in [5.74, 6) is 0.492. The molecule has 1 saturated heterocycles. The quantitative estimate of drug-likeness (QED) is 0.753. The molecule has 0 aromatic rings. The molecule has 0 aromatic carbocycles. The molecule has 7 heteroatoms. The second-order valence-electron chi connectivity index (χ2n) is 5.81. The predicted molar refractivity (Wildman–Crippen MR) is 76.6 cm³/mol. The third-order valence-corrected chi connectivity index (χ3v) is 6.00. The number of rotatable bonds is 7. The van der Waals surface area contributed by atoms with Crippen LogP contribution in [-0.2, 0) is 19.7 Å². The van der Waals surface area contributed by atoms with Crippen LogP contribution in [0, 0.1) is 5.92 Å². The Kier molecular flexibility index (Phi) is 5.42. The number of ether oxygens (including phenoxy) is 2. The minimum Gasteiger partial charge on any atom is -0.381 e. The average Bonchev–Trinajstić information content (AvgIpc) is 3.23. The van der Waals surface area contributed by atoms with E-state index < -0.39 is 10.2 Å². The van der Waals surface area contributed by atoms with E-state index in [1.165, 1.54) is 4.31 Å². The van der Waals surface area contributed by atoms with Gasteiger partial charge in [-0.15, -0.1) is 0 Å².